The second-order valence-electron chi connectivity index (χ2n) is 3.40. The van der Waals surface area contributed by atoms with Crippen molar-refractivity contribution in [2.75, 3.05) is 25.5 Å². The van der Waals surface area contributed by atoms with Crippen LogP contribution >= 0.6 is 11.6 Å². The van der Waals surface area contributed by atoms with E-state index in [0.717, 1.165) is 19.3 Å². The number of nitrogens with one attached hydrogen (secondary N) is 1. The Kier molecular flexibility index (Phi) is 5.15. The van der Waals surface area contributed by atoms with Gasteiger partial charge in [-0.1, -0.05) is 6.42 Å². The van der Waals surface area contributed by atoms with Crippen LogP contribution in [0.4, 0.5) is 0 Å². The van der Waals surface area contributed by atoms with Crippen molar-refractivity contribution in [3.8, 4) is 0 Å². The molecule has 0 saturated carbocycles. The molecule has 1 rings (SSSR count). The first-order chi connectivity index (χ1) is 6.67. The first-order valence-corrected chi connectivity index (χ1v) is 6.95. The Labute approximate surface area is 90.8 Å². The number of halogens is 1. The second kappa shape index (κ2) is 5.90. The van der Waals surface area contributed by atoms with Crippen LogP contribution in [0.15, 0.2) is 0 Å². The second-order valence-corrected chi connectivity index (χ2v) is 5.53. The summed E-state index contributed by atoms with van der Waals surface area (Å²) in [6.45, 7) is 1.73. The number of rotatable bonds is 5. The van der Waals surface area contributed by atoms with Crippen LogP contribution in [0.1, 0.15) is 25.7 Å². The van der Waals surface area contributed by atoms with Crippen LogP contribution in [0.2, 0.25) is 0 Å². The number of nitrogens with zero attached hydrogens (tertiary/aromatic N) is 1. The summed E-state index contributed by atoms with van der Waals surface area (Å²) in [5.74, 6) is 0.489. The quantitative estimate of drug-likeness (QED) is 0.574. The largest absolute Gasteiger partial charge is 0.279 e. The summed E-state index contributed by atoms with van der Waals surface area (Å²) in [4.78, 5) is 0. The lowest BCUT2D eigenvalue weighted by Crippen LogP contribution is -2.43. The molecule has 1 aliphatic heterocycles. The van der Waals surface area contributed by atoms with Gasteiger partial charge in [-0.05, 0) is 19.3 Å². The average molecular weight is 241 g/mol. The zero-order valence-corrected chi connectivity index (χ0v) is 9.78. The van der Waals surface area contributed by atoms with Crippen LogP contribution in [0.25, 0.3) is 0 Å². The van der Waals surface area contributed by atoms with Gasteiger partial charge in [-0.15, -0.1) is 11.6 Å². The molecule has 0 atom stereocenters. The fraction of sp³-hybridized carbons (Fsp3) is 1.00. The Balaban J connectivity index is 2.38. The third-order valence-electron chi connectivity index (χ3n) is 2.25. The van der Waals surface area contributed by atoms with E-state index in [-0.39, 0.29) is 0 Å². The van der Waals surface area contributed by atoms with Crippen molar-refractivity contribution in [3.05, 3.63) is 0 Å². The summed E-state index contributed by atoms with van der Waals surface area (Å²) in [6, 6.07) is 0. The molecular formula is C8H17ClN2O2S. The van der Waals surface area contributed by atoms with E-state index in [1.54, 1.807) is 0 Å². The standard InChI is InChI=1S/C8H17ClN2O2S/c9-5-4-6-10-14(12,13)11-7-2-1-3-8-11/h10H,1-8H2. The first kappa shape index (κ1) is 12.2. The van der Waals surface area contributed by atoms with Gasteiger partial charge in [-0.25, -0.2) is 4.72 Å². The van der Waals surface area contributed by atoms with Crippen molar-refractivity contribution >= 4 is 21.8 Å². The lowest BCUT2D eigenvalue weighted by molar-refractivity contribution is 0.342. The van der Waals surface area contributed by atoms with Crippen molar-refractivity contribution in [3.63, 3.8) is 0 Å². The monoisotopic (exact) mass is 240 g/mol. The zero-order valence-electron chi connectivity index (χ0n) is 8.21. The molecule has 1 fully saturated rings. The van der Waals surface area contributed by atoms with E-state index in [4.69, 9.17) is 11.6 Å². The predicted molar refractivity (Wildman–Crippen MR) is 57.7 cm³/mol. The maximum absolute atomic E-state index is 11.6. The Morgan fingerprint density at radius 1 is 1.21 bits per heavy atom. The summed E-state index contributed by atoms with van der Waals surface area (Å²) in [7, 11) is -3.23. The minimum absolute atomic E-state index is 0.433. The third-order valence-corrected chi connectivity index (χ3v) is 4.13. The summed E-state index contributed by atoms with van der Waals surface area (Å²) < 4.78 is 27.3. The van der Waals surface area contributed by atoms with Crippen molar-refractivity contribution in [1.29, 1.82) is 0 Å². The molecule has 1 N–H and O–H groups in total. The van der Waals surface area contributed by atoms with Gasteiger partial charge in [-0.3, -0.25) is 0 Å². The Hall–Kier alpha value is 0.160. The summed E-state index contributed by atoms with van der Waals surface area (Å²) in [5, 5.41) is 0. The summed E-state index contributed by atoms with van der Waals surface area (Å²) in [5.41, 5.74) is 0. The highest BCUT2D eigenvalue weighted by atomic mass is 35.5. The molecule has 84 valence electrons. The molecule has 0 amide bonds. The highest BCUT2D eigenvalue weighted by Crippen LogP contribution is 2.11. The molecule has 0 aromatic carbocycles. The highest BCUT2D eigenvalue weighted by Gasteiger charge is 2.22. The Morgan fingerprint density at radius 2 is 1.86 bits per heavy atom. The van der Waals surface area contributed by atoms with E-state index in [9.17, 15) is 8.42 Å². The van der Waals surface area contributed by atoms with Gasteiger partial charge >= 0.3 is 0 Å². The smallest absolute Gasteiger partial charge is 0.202 e. The number of piperidine rings is 1. The Bertz CT molecular complexity index is 250. The molecule has 1 heterocycles. The SMILES string of the molecule is O=S(=O)(NCCCCl)N1CCCCC1. The molecule has 4 nitrogen and oxygen atoms in total. The molecule has 14 heavy (non-hydrogen) atoms. The summed E-state index contributed by atoms with van der Waals surface area (Å²) in [6.07, 6.45) is 3.75. The molecule has 0 aromatic rings. The van der Waals surface area contributed by atoms with Crippen LogP contribution in [0, 0.1) is 0 Å². The molecule has 0 bridgehead atoms. The summed E-state index contributed by atoms with van der Waals surface area (Å²) >= 11 is 5.47. The fourth-order valence-corrected chi connectivity index (χ4v) is 2.92. The normalized spacial score (nSPS) is 19.8. The van der Waals surface area contributed by atoms with E-state index < -0.39 is 10.2 Å². The molecule has 0 aliphatic carbocycles. The minimum atomic E-state index is -3.23. The lowest BCUT2D eigenvalue weighted by Gasteiger charge is -2.25. The Morgan fingerprint density at radius 3 is 2.43 bits per heavy atom. The van der Waals surface area contributed by atoms with Gasteiger partial charge in [0.1, 0.15) is 0 Å². The van der Waals surface area contributed by atoms with E-state index >= 15 is 0 Å². The van der Waals surface area contributed by atoms with Gasteiger partial charge in [-0.2, -0.15) is 12.7 Å². The highest BCUT2D eigenvalue weighted by molar-refractivity contribution is 7.87. The van der Waals surface area contributed by atoms with Gasteiger partial charge in [0, 0.05) is 25.5 Å². The van der Waals surface area contributed by atoms with Crippen molar-refractivity contribution in [2.45, 2.75) is 25.7 Å². The number of hydrogen-bond acceptors (Lipinski definition) is 2. The zero-order chi connectivity index (χ0) is 10.4. The molecule has 0 aromatic heterocycles. The van der Waals surface area contributed by atoms with Gasteiger partial charge < -0.3 is 0 Å². The minimum Gasteiger partial charge on any atom is -0.202 e. The molecule has 1 saturated heterocycles. The first-order valence-electron chi connectivity index (χ1n) is 4.97. The molecular weight excluding hydrogens is 224 g/mol. The maximum atomic E-state index is 11.6. The van der Waals surface area contributed by atoms with Crippen molar-refractivity contribution < 1.29 is 8.42 Å². The van der Waals surface area contributed by atoms with Gasteiger partial charge in [0.2, 0.25) is 0 Å². The molecule has 0 radical (unpaired) electrons. The van der Waals surface area contributed by atoms with Gasteiger partial charge in [0.15, 0.2) is 0 Å². The third kappa shape index (κ3) is 3.73. The van der Waals surface area contributed by atoms with Gasteiger partial charge in [0.05, 0.1) is 0 Å². The number of alkyl halides is 1. The van der Waals surface area contributed by atoms with E-state index in [2.05, 4.69) is 4.72 Å². The molecule has 1 aliphatic rings. The van der Waals surface area contributed by atoms with E-state index in [1.165, 1.54) is 4.31 Å². The average Bonchev–Trinajstić information content (AvgIpc) is 2.19. The fourth-order valence-electron chi connectivity index (χ4n) is 1.46. The van der Waals surface area contributed by atoms with Crippen molar-refractivity contribution in [2.24, 2.45) is 0 Å². The maximum Gasteiger partial charge on any atom is 0.279 e. The topological polar surface area (TPSA) is 49.4 Å². The molecule has 0 unspecified atom stereocenters. The van der Waals surface area contributed by atoms with Crippen LogP contribution < -0.4 is 4.72 Å². The number of hydrogen-bond donors (Lipinski definition) is 1. The predicted octanol–water partition coefficient (Wildman–Crippen LogP) is 0.936. The van der Waals surface area contributed by atoms with Crippen LogP contribution in [-0.2, 0) is 10.2 Å². The van der Waals surface area contributed by atoms with Gasteiger partial charge in [0.25, 0.3) is 10.2 Å². The van der Waals surface area contributed by atoms with E-state index in [0.29, 0.717) is 31.9 Å². The van der Waals surface area contributed by atoms with Crippen LogP contribution in [-0.4, -0.2) is 38.2 Å². The van der Waals surface area contributed by atoms with Crippen molar-refractivity contribution in [1.82, 2.24) is 9.03 Å². The lowest BCUT2D eigenvalue weighted by atomic mass is 10.2. The molecule has 6 heteroatoms. The van der Waals surface area contributed by atoms with Crippen LogP contribution in [0.3, 0.4) is 0 Å². The van der Waals surface area contributed by atoms with E-state index in [1.807, 2.05) is 0 Å². The van der Waals surface area contributed by atoms with Crippen LogP contribution in [0.5, 0.6) is 0 Å². The molecule has 0 spiro atoms.